The highest BCUT2D eigenvalue weighted by atomic mass is 19.4. The first kappa shape index (κ1) is 40.7. The molecule has 4 heterocycles. The number of aryl methyl sites for hydroxylation is 1. The lowest BCUT2D eigenvalue weighted by Gasteiger charge is -2.23. The lowest BCUT2D eigenvalue weighted by molar-refractivity contribution is -0.137. The van der Waals surface area contributed by atoms with Crippen molar-refractivity contribution in [2.75, 3.05) is 0 Å². The number of hydrogen-bond acceptors (Lipinski definition) is 0. The van der Waals surface area contributed by atoms with Gasteiger partial charge in [0.25, 0.3) is 0 Å². The summed E-state index contributed by atoms with van der Waals surface area (Å²) < 4.78 is 54.8. The molecule has 0 aliphatic rings. The zero-order chi connectivity index (χ0) is 47.7. The third-order valence-electron chi connectivity index (χ3n) is 14.5. The Bertz CT molecular complexity index is 4500. The van der Waals surface area contributed by atoms with Gasteiger partial charge in [-0.1, -0.05) is 127 Å². The average Bonchev–Trinajstić information content (AvgIpc) is 4.13. The van der Waals surface area contributed by atoms with Crippen LogP contribution >= 0.6 is 0 Å². The Morgan fingerprint density at radius 2 is 0.761 bits per heavy atom. The minimum Gasteiger partial charge on any atom is -0.319 e. The van der Waals surface area contributed by atoms with Crippen molar-refractivity contribution < 1.29 is 13.2 Å². The van der Waals surface area contributed by atoms with E-state index in [9.17, 15) is 6.57 Å². The van der Waals surface area contributed by atoms with E-state index in [2.05, 4.69) is 158 Å². The van der Waals surface area contributed by atoms with Crippen LogP contribution in [-0.4, -0.2) is 18.3 Å². The van der Waals surface area contributed by atoms with Crippen molar-refractivity contribution in [1.29, 1.82) is 0 Å². The van der Waals surface area contributed by atoms with Crippen LogP contribution in [0.1, 0.15) is 11.1 Å². The van der Waals surface area contributed by atoms with Gasteiger partial charge in [-0.15, -0.1) is 0 Å². The number of nitrogens with zero attached hydrogens (tertiary/aromatic N) is 5. The number of hydrogen-bond donors (Lipinski definition) is 0. The number of benzene rings is 10. The fourth-order valence-corrected chi connectivity index (χ4v) is 11.7. The van der Waals surface area contributed by atoms with E-state index in [-0.39, 0.29) is 11.3 Å². The minimum absolute atomic E-state index is 0.0392. The minimum atomic E-state index is -4.67. The Kier molecular flexibility index (Phi) is 8.65. The number of rotatable bonds is 5. The largest absolute Gasteiger partial charge is 0.417 e. The molecule has 14 rings (SSSR count). The smallest absolute Gasteiger partial charge is 0.319 e. The van der Waals surface area contributed by atoms with Gasteiger partial charge in [0.2, 0.25) is 5.69 Å². The van der Waals surface area contributed by atoms with Gasteiger partial charge in [0, 0.05) is 54.5 Å². The Balaban J connectivity index is 1.07. The molecule has 0 atom stereocenters. The molecule has 0 saturated carbocycles. The number of para-hydroxylation sites is 6. The predicted molar refractivity (Wildman–Crippen MR) is 285 cm³/mol. The summed E-state index contributed by atoms with van der Waals surface area (Å²) in [5.74, 6) is 0. The van der Waals surface area contributed by atoms with Gasteiger partial charge in [-0.2, -0.15) is 13.2 Å². The van der Waals surface area contributed by atoms with Gasteiger partial charge >= 0.3 is 6.18 Å². The average molecular weight is 922 g/mol. The van der Waals surface area contributed by atoms with Crippen LogP contribution in [0.4, 0.5) is 18.9 Å². The summed E-state index contributed by atoms with van der Waals surface area (Å²) >= 11 is 0. The first-order valence-electron chi connectivity index (χ1n) is 23.5. The van der Waals surface area contributed by atoms with Gasteiger partial charge in [0.1, 0.15) is 0 Å². The molecule has 0 aliphatic heterocycles. The first-order valence-corrected chi connectivity index (χ1v) is 23.5. The van der Waals surface area contributed by atoms with Crippen LogP contribution in [0.25, 0.3) is 126 Å². The van der Waals surface area contributed by atoms with Crippen LogP contribution in [0, 0.1) is 13.5 Å². The third kappa shape index (κ3) is 5.81. The highest BCUT2D eigenvalue weighted by Crippen LogP contribution is 2.49. The maximum Gasteiger partial charge on any atom is 0.417 e. The molecular formula is C63H38F3N5. The fourth-order valence-electron chi connectivity index (χ4n) is 11.7. The van der Waals surface area contributed by atoms with E-state index in [4.69, 9.17) is 0 Å². The highest BCUT2D eigenvalue weighted by Gasteiger charge is 2.36. The van der Waals surface area contributed by atoms with Crippen LogP contribution in [0.5, 0.6) is 0 Å². The summed E-state index contributed by atoms with van der Waals surface area (Å²) in [6.45, 7) is 10.9. The lowest BCUT2D eigenvalue weighted by atomic mass is 9.92. The number of halogens is 3. The molecule has 0 bridgehead atoms. The zero-order valence-electron chi connectivity index (χ0n) is 38.1. The molecule has 4 aromatic heterocycles. The van der Waals surface area contributed by atoms with E-state index in [0.717, 1.165) is 105 Å². The molecule has 8 heteroatoms. The summed E-state index contributed by atoms with van der Waals surface area (Å²) in [5, 5.41) is 8.38. The molecule has 0 radical (unpaired) electrons. The van der Waals surface area contributed by atoms with Gasteiger partial charge < -0.3 is 18.3 Å². The number of aromatic nitrogens is 4. The van der Waals surface area contributed by atoms with Gasteiger partial charge in [0.15, 0.2) is 0 Å². The molecule has 14 aromatic rings. The van der Waals surface area contributed by atoms with Crippen molar-refractivity contribution in [2.45, 2.75) is 13.1 Å². The molecule has 0 aliphatic carbocycles. The molecule has 0 fully saturated rings. The molecule has 10 aromatic carbocycles. The van der Waals surface area contributed by atoms with Crippen molar-refractivity contribution in [2.24, 2.45) is 0 Å². The number of fused-ring (bicyclic) bond motifs is 12. The SMILES string of the molecule is [C-]#[N+]c1c(-n2c3ccccc3c3cc(-n4c5ccccc5c5ccccc54)ccc32)ccc(-c2c(C)cccc2C(F)(F)F)c1-n1c2ccccc2c2cc(-n3c4ccccc4c4ccccc43)ccc21. The second-order valence-electron chi connectivity index (χ2n) is 18.3. The Morgan fingerprint density at radius 1 is 0.380 bits per heavy atom. The van der Waals surface area contributed by atoms with Gasteiger partial charge in [0.05, 0.1) is 67.6 Å². The zero-order valence-corrected chi connectivity index (χ0v) is 38.1. The highest BCUT2D eigenvalue weighted by molar-refractivity contribution is 6.15. The molecule has 0 spiro atoms. The molecule has 0 unspecified atom stereocenters. The van der Waals surface area contributed by atoms with Crippen molar-refractivity contribution in [1.82, 2.24) is 18.3 Å². The summed E-state index contributed by atoms with van der Waals surface area (Å²) in [5.41, 5.74) is 10.7. The fraction of sp³-hybridized carbons (Fsp3) is 0.0317. The van der Waals surface area contributed by atoms with Crippen molar-refractivity contribution in [3.63, 3.8) is 0 Å². The van der Waals surface area contributed by atoms with Crippen molar-refractivity contribution >= 4 is 92.9 Å². The lowest BCUT2D eigenvalue weighted by Crippen LogP contribution is -2.10. The van der Waals surface area contributed by atoms with E-state index in [1.54, 1.807) is 19.1 Å². The molecule has 0 N–H and O–H groups in total. The van der Waals surface area contributed by atoms with Crippen LogP contribution in [-0.2, 0) is 6.18 Å². The summed E-state index contributed by atoms with van der Waals surface area (Å²) in [6.07, 6.45) is -4.67. The normalized spacial score (nSPS) is 12.2. The molecular weight excluding hydrogens is 884 g/mol. The maximum atomic E-state index is 15.4. The molecule has 71 heavy (non-hydrogen) atoms. The van der Waals surface area contributed by atoms with Gasteiger partial charge in [-0.3, -0.25) is 0 Å². The Hall–Kier alpha value is -9.32. The van der Waals surface area contributed by atoms with Crippen LogP contribution < -0.4 is 0 Å². The Labute approximate surface area is 404 Å². The first-order chi connectivity index (χ1) is 34.8. The second kappa shape index (κ2) is 15.1. The predicted octanol–water partition coefficient (Wildman–Crippen LogP) is 17.6. The van der Waals surface area contributed by atoms with Crippen LogP contribution in [0.15, 0.2) is 212 Å². The molecule has 336 valence electrons. The standard InChI is InChI=1S/C63H38F3N5/c1-38-16-15-23-50(63(64,65)66)60(38)47-32-35-59(70-55-28-13-7-21-45(55)48-36-39(30-33-57(48)70)68-51-24-9-3-17-41(51)42-18-4-10-25-52(42)68)61(67-2)62(47)71-56-29-14-8-22-46(56)49-37-40(31-34-58(49)71)69-53-26-11-5-19-43(53)44-20-6-12-27-54(44)69/h3-37H,1H3. The summed E-state index contributed by atoms with van der Waals surface area (Å²) in [7, 11) is 0. The maximum absolute atomic E-state index is 15.4. The van der Waals surface area contributed by atoms with Gasteiger partial charge in [-0.05, 0) is 109 Å². The quantitative estimate of drug-likeness (QED) is 0.154. The Morgan fingerprint density at radius 3 is 1.20 bits per heavy atom. The van der Waals surface area contributed by atoms with E-state index in [1.165, 1.54) is 6.07 Å². The molecule has 0 saturated heterocycles. The van der Waals surface area contributed by atoms with Crippen molar-refractivity contribution in [3.8, 4) is 33.9 Å². The van der Waals surface area contributed by atoms with E-state index in [1.807, 2.05) is 53.1 Å². The third-order valence-corrected chi connectivity index (χ3v) is 14.5. The van der Waals surface area contributed by atoms with Gasteiger partial charge in [-0.25, -0.2) is 4.85 Å². The molecule has 5 nitrogen and oxygen atoms in total. The van der Waals surface area contributed by atoms with E-state index >= 15 is 13.2 Å². The van der Waals surface area contributed by atoms with E-state index in [0.29, 0.717) is 22.5 Å². The van der Waals surface area contributed by atoms with Crippen LogP contribution in [0.2, 0.25) is 0 Å². The van der Waals surface area contributed by atoms with Crippen molar-refractivity contribution in [3.05, 3.63) is 235 Å². The monoisotopic (exact) mass is 921 g/mol. The number of alkyl halides is 3. The van der Waals surface area contributed by atoms with Crippen LogP contribution in [0.3, 0.4) is 0 Å². The summed E-state index contributed by atoms with van der Waals surface area (Å²) in [6, 6.07) is 70.4. The molecule has 0 amide bonds. The van der Waals surface area contributed by atoms with E-state index < -0.39 is 11.7 Å². The second-order valence-corrected chi connectivity index (χ2v) is 18.3. The topological polar surface area (TPSA) is 24.1 Å². The summed E-state index contributed by atoms with van der Waals surface area (Å²) in [4.78, 5) is 4.39.